The number of carbonyl (C=O) groups excluding carboxylic acids is 1. The lowest BCUT2D eigenvalue weighted by Gasteiger charge is -2.55. The largest absolute Gasteiger partial charge is 0.404 e. The van der Waals surface area contributed by atoms with E-state index >= 15 is 0 Å². The Morgan fingerprint density at radius 2 is 1.61 bits per heavy atom. The van der Waals surface area contributed by atoms with Crippen LogP contribution in [0, 0.1) is 11.3 Å². The van der Waals surface area contributed by atoms with Crippen LogP contribution in [0.1, 0.15) is 52.9 Å². The quantitative estimate of drug-likeness (QED) is 0.459. The zero-order valence-electron chi connectivity index (χ0n) is 18.9. The predicted octanol–water partition coefficient (Wildman–Crippen LogP) is 5.99. The van der Waals surface area contributed by atoms with Gasteiger partial charge in [0.25, 0.3) is 8.32 Å². The number of allylic oxidation sites excluding steroid dienone is 1. The van der Waals surface area contributed by atoms with Crippen LogP contribution in [-0.2, 0) is 9.22 Å². The molecule has 0 aromatic heterocycles. The van der Waals surface area contributed by atoms with E-state index in [1.807, 2.05) is 0 Å². The van der Waals surface area contributed by atoms with Gasteiger partial charge in [0, 0.05) is 17.9 Å². The summed E-state index contributed by atoms with van der Waals surface area (Å²) in [5, 5.41) is 2.55. The van der Waals surface area contributed by atoms with Crippen molar-refractivity contribution in [2.24, 2.45) is 11.3 Å². The number of ketones is 1. The molecule has 2 aliphatic rings. The second-order valence-electron chi connectivity index (χ2n) is 10.4. The van der Waals surface area contributed by atoms with Crippen molar-refractivity contribution in [3.8, 4) is 0 Å². The number of carbonyl (C=O) groups is 1. The molecule has 2 aromatic carbocycles. The molecule has 3 atom stereocenters. The van der Waals surface area contributed by atoms with E-state index in [0.717, 1.165) is 36.6 Å². The molecule has 0 heterocycles. The van der Waals surface area contributed by atoms with E-state index in [2.05, 4.69) is 104 Å². The summed E-state index contributed by atoms with van der Waals surface area (Å²) >= 11 is 3.54. The summed E-state index contributed by atoms with van der Waals surface area (Å²) < 4.78 is 8.29. The van der Waals surface area contributed by atoms with Crippen LogP contribution in [0.5, 0.6) is 0 Å². The molecule has 2 aromatic rings. The Morgan fingerprint density at radius 3 is 2.06 bits per heavy atom. The fourth-order valence-corrected chi connectivity index (χ4v) is 11.2. The molecule has 4 rings (SSSR count). The highest BCUT2D eigenvalue weighted by molar-refractivity contribution is 9.11. The van der Waals surface area contributed by atoms with Crippen LogP contribution in [0.25, 0.3) is 0 Å². The van der Waals surface area contributed by atoms with Crippen molar-refractivity contribution in [1.29, 1.82) is 0 Å². The molecule has 2 saturated carbocycles. The van der Waals surface area contributed by atoms with E-state index in [-0.39, 0.29) is 16.6 Å². The third-order valence-corrected chi connectivity index (χ3v) is 12.8. The van der Waals surface area contributed by atoms with E-state index < -0.39 is 8.32 Å². The lowest BCUT2D eigenvalue weighted by Crippen LogP contribution is -2.68. The Hall–Kier alpha value is -1.49. The maximum atomic E-state index is 12.9. The normalized spacial score (nSPS) is 26.1. The van der Waals surface area contributed by atoms with Gasteiger partial charge in [-0.3, -0.25) is 4.79 Å². The standard InChI is InChI=1S/C27H33BrO2Si/c1-20(28)18-27-19-22(16-15-21(27)17-25(27)29)30-31(26(2,3)4,23-11-7-5-8-12-23)24-13-9-6-10-14-24/h5-14,21-22H,1,15-19H2,2-4H3/t21-,22-,27-/m0/s1. The summed E-state index contributed by atoms with van der Waals surface area (Å²) in [5.41, 5.74) is -0.283. The second kappa shape index (κ2) is 8.46. The molecular weight excluding hydrogens is 464 g/mol. The van der Waals surface area contributed by atoms with Crippen molar-refractivity contribution in [1.82, 2.24) is 0 Å². The minimum absolute atomic E-state index is 0.0532. The first-order valence-electron chi connectivity index (χ1n) is 11.3. The second-order valence-corrected chi connectivity index (χ2v) is 15.7. The topological polar surface area (TPSA) is 26.3 Å². The molecule has 31 heavy (non-hydrogen) atoms. The number of benzene rings is 2. The molecule has 0 aliphatic heterocycles. The van der Waals surface area contributed by atoms with Crippen molar-refractivity contribution in [3.05, 3.63) is 71.7 Å². The van der Waals surface area contributed by atoms with Crippen LogP contribution < -0.4 is 10.4 Å². The first-order valence-corrected chi connectivity index (χ1v) is 14.0. The average molecular weight is 498 g/mol. The third-order valence-electron chi connectivity index (χ3n) is 7.47. The summed E-state index contributed by atoms with van der Waals surface area (Å²) in [6, 6.07) is 21.6. The lowest BCUT2D eigenvalue weighted by atomic mass is 9.51. The van der Waals surface area contributed by atoms with Crippen LogP contribution in [0.4, 0.5) is 0 Å². The number of rotatable bonds is 6. The summed E-state index contributed by atoms with van der Waals surface area (Å²) in [4.78, 5) is 12.9. The molecule has 164 valence electrons. The van der Waals surface area contributed by atoms with Crippen molar-refractivity contribution >= 4 is 40.4 Å². The van der Waals surface area contributed by atoms with E-state index in [4.69, 9.17) is 4.43 Å². The Kier molecular flexibility index (Phi) is 6.19. The summed E-state index contributed by atoms with van der Waals surface area (Å²) in [6.07, 6.45) is 4.45. The number of fused-ring (bicyclic) bond motifs is 1. The van der Waals surface area contributed by atoms with Gasteiger partial charge >= 0.3 is 0 Å². The Labute approximate surface area is 196 Å². The summed E-state index contributed by atoms with van der Waals surface area (Å²) in [5.74, 6) is 0.877. The maximum Gasteiger partial charge on any atom is 0.261 e. The van der Waals surface area contributed by atoms with E-state index in [9.17, 15) is 4.79 Å². The maximum absolute atomic E-state index is 12.9. The van der Waals surface area contributed by atoms with Gasteiger partial charge in [0.05, 0.1) is 0 Å². The summed E-state index contributed by atoms with van der Waals surface area (Å²) in [6.45, 7) is 11.0. The highest BCUT2D eigenvalue weighted by Crippen LogP contribution is 2.57. The molecule has 2 nitrogen and oxygen atoms in total. The van der Waals surface area contributed by atoms with Gasteiger partial charge in [0.1, 0.15) is 5.78 Å². The summed E-state index contributed by atoms with van der Waals surface area (Å²) in [7, 11) is -2.60. The Bertz CT molecular complexity index is 911. The molecule has 0 saturated heterocycles. The van der Waals surface area contributed by atoms with Crippen molar-refractivity contribution in [3.63, 3.8) is 0 Å². The molecule has 0 N–H and O–H groups in total. The number of Topliss-reactive ketones (excluding diaryl/α,β-unsaturated/α-hetero) is 1. The SMILES string of the molecule is C=C(Br)C[C@]12C[C@@H](O[Si](c3ccccc3)(c3ccccc3)C(C)(C)C)CC[C@H]1CC2=O. The van der Waals surface area contributed by atoms with Crippen LogP contribution in [0.2, 0.25) is 5.04 Å². The predicted molar refractivity (Wildman–Crippen MR) is 135 cm³/mol. The van der Waals surface area contributed by atoms with Gasteiger partial charge in [-0.05, 0) is 51.5 Å². The van der Waals surface area contributed by atoms with Crippen LogP contribution in [-0.4, -0.2) is 20.2 Å². The minimum atomic E-state index is -2.60. The van der Waals surface area contributed by atoms with Crippen LogP contribution in [0.3, 0.4) is 0 Å². The van der Waals surface area contributed by atoms with Gasteiger partial charge in [0.2, 0.25) is 0 Å². The van der Waals surface area contributed by atoms with E-state index in [1.165, 1.54) is 10.4 Å². The number of halogens is 1. The van der Waals surface area contributed by atoms with Gasteiger partial charge < -0.3 is 4.43 Å². The van der Waals surface area contributed by atoms with Gasteiger partial charge in [0.15, 0.2) is 0 Å². The molecule has 4 heteroatoms. The monoisotopic (exact) mass is 496 g/mol. The Morgan fingerprint density at radius 1 is 1.06 bits per heavy atom. The molecule has 0 unspecified atom stereocenters. The highest BCUT2D eigenvalue weighted by atomic mass is 79.9. The van der Waals surface area contributed by atoms with Crippen molar-refractivity contribution < 1.29 is 9.22 Å². The molecule has 2 fully saturated rings. The molecule has 2 aliphatic carbocycles. The average Bonchev–Trinajstić information content (AvgIpc) is 2.73. The zero-order chi connectivity index (χ0) is 22.3. The Balaban J connectivity index is 1.77. The number of hydrogen-bond donors (Lipinski definition) is 0. The van der Waals surface area contributed by atoms with Gasteiger partial charge in [-0.25, -0.2) is 0 Å². The molecular formula is C27H33BrO2Si. The van der Waals surface area contributed by atoms with Crippen molar-refractivity contribution in [2.45, 2.75) is 64.0 Å². The van der Waals surface area contributed by atoms with Crippen LogP contribution >= 0.6 is 15.9 Å². The van der Waals surface area contributed by atoms with Gasteiger partial charge in [-0.2, -0.15) is 0 Å². The fourth-order valence-electron chi connectivity index (χ4n) is 5.97. The zero-order valence-corrected chi connectivity index (χ0v) is 21.5. The fraction of sp³-hybridized carbons (Fsp3) is 0.444. The van der Waals surface area contributed by atoms with E-state index in [0.29, 0.717) is 11.7 Å². The smallest absolute Gasteiger partial charge is 0.261 e. The first kappa shape index (κ1) is 22.7. The van der Waals surface area contributed by atoms with Gasteiger partial charge in [-0.1, -0.05) is 104 Å². The van der Waals surface area contributed by atoms with Crippen molar-refractivity contribution in [2.75, 3.05) is 0 Å². The minimum Gasteiger partial charge on any atom is -0.404 e. The molecule has 0 amide bonds. The van der Waals surface area contributed by atoms with Crippen LogP contribution in [0.15, 0.2) is 71.7 Å². The molecule has 0 radical (unpaired) electrons. The molecule has 0 bridgehead atoms. The van der Waals surface area contributed by atoms with E-state index in [1.54, 1.807) is 0 Å². The third kappa shape index (κ3) is 3.92. The van der Waals surface area contributed by atoms with Gasteiger partial charge in [-0.15, -0.1) is 0 Å². The lowest BCUT2D eigenvalue weighted by molar-refractivity contribution is -0.154. The first-order chi connectivity index (χ1) is 14.7. The molecule has 0 spiro atoms. The number of hydrogen-bond acceptors (Lipinski definition) is 2. The highest BCUT2D eigenvalue weighted by Gasteiger charge is 2.59.